The maximum Gasteiger partial charge on any atom is 0.333 e. The van der Waals surface area contributed by atoms with Gasteiger partial charge in [0.05, 0.1) is 29.3 Å². The molecule has 7 nitrogen and oxygen atoms in total. The van der Waals surface area contributed by atoms with Gasteiger partial charge in [-0.1, -0.05) is 6.08 Å². The second-order valence-electron chi connectivity index (χ2n) is 4.65. The first kappa shape index (κ1) is 16.4. The number of alkyl halides is 2. The Bertz CT molecular complexity index is 717. The first-order valence-corrected chi connectivity index (χ1v) is 6.60. The van der Waals surface area contributed by atoms with E-state index in [0.717, 1.165) is 6.20 Å². The van der Waals surface area contributed by atoms with E-state index in [9.17, 15) is 18.7 Å². The van der Waals surface area contributed by atoms with Gasteiger partial charge in [0, 0.05) is 11.8 Å². The number of carboxylic acid groups (broad SMARTS) is 1. The quantitative estimate of drug-likeness (QED) is 0.783. The largest absolute Gasteiger partial charge is 0.530 e. The van der Waals surface area contributed by atoms with Crippen LogP contribution in [0.3, 0.4) is 0 Å². The average molecular weight is 322 g/mol. The van der Waals surface area contributed by atoms with E-state index in [2.05, 4.69) is 22.0 Å². The molecule has 0 aliphatic rings. The molecule has 0 fully saturated rings. The van der Waals surface area contributed by atoms with E-state index >= 15 is 0 Å². The summed E-state index contributed by atoms with van der Waals surface area (Å²) in [5.74, 6) is 0. The van der Waals surface area contributed by atoms with Crippen LogP contribution in [0.25, 0.3) is 11.3 Å². The normalized spacial score (nSPS) is 12.1. The SMILES string of the molecule is C=CCC(NC(=O)[O-])c1cc(-c2c(N)cnn2C(F)F)ccn1. The highest BCUT2D eigenvalue weighted by Gasteiger charge is 2.19. The minimum absolute atomic E-state index is 0.0365. The molecule has 23 heavy (non-hydrogen) atoms. The zero-order chi connectivity index (χ0) is 17.0. The number of carbonyl (C=O) groups is 1. The third-order valence-electron chi connectivity index (χ3n) is 3.11. The number of aromatic nitrogens is 3. The van der Waals surface area contributed by atoms with E-state index in [1.165, 1.54) is 24.4 Å². The van der Waals surface area contributed by atoms with Crippen LogP contribution in [0, 0.1) is 0 Å². The molecule has 0 bridgehead atoms. The molecule has 2 aromatic rings. The third-order valence-corrected chi connectivity index (χ3v) is 3.11. The second-order valence-corrected chi connectivity index (χ2v) is 4.65. The Morgan fingerprint density at radius 1 is 1.57 bits per heavy atom. The molecule has 0 saturated carbocycles. The Hall–Kier alpha value is -2.97. The van der Waals surface area contributed by atoms with Crippen LogP contribution < -0.4 is 16.2 Å². The van der Waals surface area contributed by atoms with Gasteiger partial charge in [-0.25, -0.2) is 4.68 Å². The topological polar surface area (TPSA) is 109 Å². The Balaban J connectivity index is 2.45. The van der Waals surface area contributed by atoms with Crippen LogP contribution in [0.2, 0.25) is 0 Å². The first-order chi connectivity index (χ1) is 10.9. The highest BCUT2D eigenvalue weighted by atomic mass is 19.3. The van der Waals surface area contributed by atoms with Gasteiger partial charge in [0.25, 0.3) is 0 Å². The van der Waals surface area contributed by atoms with Crippen LogP contribution >= 0.6 is 0 Å². The van der Waals surface area contributed by atoms with Gasteiger partial charge in [0.2, 0.25) is 0 Å². The summed E-state index contributed by atoms with van der Waals surface area (Å²) in [6, 6.07) is 2.25. The summed E-state index contributed by atoms with van der Waals surface area (Å²) >= 11 is 0. The van der Waals surface area contributed by atoms with E-state index in [1.807, 2.05) is 0 Å². The van der Waals surface area contributed by atoms with Gasteiger partial charge in [-0.2, -0.15) is 13.9 Å². The summed E-state index contributed by atoms with van der Waals surface area (Å²) in [6.45, 7) is 0.685. The summed E-state index contributed by atoms with van der Waals surface area (Å²) in [6.07, 6.45) is 2.80. The fraction of sp³-hybridized carbons (Fsp3) is 0.214. The molecule has 1 atom stereocenters. The van der Waals surface area contributed by atoms with Gasteiger partial charge in [0.1, 0.15) is 6.09 Å². The Kier molecular flexibility index (Phi) is 4.89. The number of pyridine rings is 1. The fourth-order valence-electron chi connectivity index (χ4n) is 2.17. The number of nitrogens with one attached hydrogen (secondary N) is 1. The zero-order valence-corrected chi connectivity index (χ0v) is 11.9. The van der Waals surface area contributed by atoms with Crippen molar-refractivity contribution in [3.05, 3.63) is 42.9 Å². The van der Waals surface area contributed by atoms with Crippen molar-refractivity contribution in [2.75, 3.05) is 5.73 Å². The van der Waals surface area contributed by atoms with Crippen LogP contribution in [-0.4, -0.2) is 20.9 Å². The molecule has 0 saturated heterocycles. The number of halogens is 2. The van der Waals surface area contributed by atoms with Crippen molar-refractivity contribution < 1.29 is 18.7 Å². The molecule has 0 aliphatic carbocycles. The molecule has 1 amide bonds. The van der Waals surface area contributed by atoms with Gasteiger partial charge in [-0.3, -0.25) is 4.98 Å². The number of anilines is 1. The molecule has 0 aromatic carbocycles. The standard InChI is InChI=1S/C14H15F2N5O2/c1-2-3-10(20-14(22)23)11-6-8(4-5-18-11)12-9(17)7-19-21(12)13(15)16/h2,4-7,10,13,20H,1,3,17H2,(H,22,23)/p-1. The Morgan fingerprint density at radius 3 is 2.91 bits per heavy atom. The predicted molar refractivity (Wildman–Crippen MR) is 77.2 cm³/mol. The van der Waals surface area contributed by atoms with Crippen molar-refractivity contribution in [3.8, 4) is 11.3 Å². The molecule has 2 rings (SSSR count). The highest BCUT2D eigenvalue weighted by molar-refractivity contribution is 5.72. The second kappa shape index (κ2) is 6.86. The van der Waals surface area contributed by atoms with Crippen LogP contribution in [0.1, 0.15) is 24.7 Å². The number of nitrogen functional groups attached to an aromatic ring is 1. The molecule has 0 aliphatic heterocycles. The summed E-state index contributed by atoms with van der Waals surface area (Å²) in [5, 5.41) is 16.5. The molecule has 0 radical (unpaired) electrons. The zero-order valence-electron chi connectivity index (χ0n) is 11.9. The smallest absolute Gasteiger partial charge is 0.333 e. The molecule has 0 spiro atoms. The van der Waals surface area contributed by atoms with E-state index < -0.39 is 18.7 Å². The molecule has 1 unspecified atom stereocenters. The van der Waals surface area contributed by atoms with Crippen molar-refractivity contribution in [2.24, 2.45) is 0 Å². The lowest BCUT2D eigenvalue weighted by molar-refractivity contribution is -0.251. The highest BCUT2D eigenvalue weighted by Crippen LogP contribution is 2.30. The third kappa shape index (κ3) is 3.62. The van der Waals surface area contributed by atoms with Gasteiger partial charge in [-0.05, 0) is 18.6 Å². The Labute approximate surface area is 130 Å². The summed E-state index contributed by atoms with van der Waals surface area (Å²) in [7, 11) is 0. The molecule has 122 valence electrons. The number of hydrogen-bond acceptors (Lipinski definition) is 5. The fourth-order valence-corrected chi connectivity index (χ4v) is 2.17. The molecular weight excluding hydrogens is 308 g/mol. The maximum atomic E-state index is 13.0. The number of carbonyl (C=O) groups excluding carboxylic acids is 1. The predicted octanol–water partition coefficient (Wildman–Crippen LogP) is 1.47. The van der Waals surface area contributed by atoms with Crippen molar-refractivity contribution >= 4 is 11.8 Å². The van der Waals surface area contributed by atoms with E-state index in [0.29, 0.717) is 15.9 Å². The van der Waals surface area contributed by atoms with Gasteiger partial charge in [0.15, 0.2) is 0 Å². The number of amides is 1. The minimum Gasteiger partial charge on any atom is -0.530 e. The van der Waals surface area contributed by atoms with Crippen LogP contribution in [0.4, 0.5) is 19.3 Å². The van der Waals surface area contributed by atoms with Crippen molar-refractivity contribution in [3.63, 3.8) is 0 Å². The van der Waals surface area contributed by atoms with E-state index in [4.69, 9.17) is 5.73 Å². The van der Waals surface area contributed by atoms with Crippen molar-refractivity contribution in [1.82, 2.24) is 20.1 Å². The van der Waals surface area contributed by atoms with Gasteiger partial charge in [-0.15, -0.1) is 6.58 Å². The van der Waals surface area contributed by atoms with Crippen molar-refractivity contribution in [2.45, 2.75) is 19.0 Å². The monoisotopic (exact) mass is 322 g/mol. The number of nitrogens with zero attached hydrogens (tertiary/aromatic N) is 3. The molecule has 2 heterocycles. The van der Waals surface area contributed by atoms with Crippen LogP contribution in [0.5, 0.6) is 0 Å². The van der Waals surface area contributed by atoms with Crippen LogP contribution in [0.15, 0.2) is 37.2 Å². The number of nitrogens with two attached hydrogens (primary N) is 1. The van der Waals surface area contributed by atoms with E-state index in [-0.39, 0.29) is 17.8 Å². The molecule has 9 heteroatoms. The van der Waals surface area contributed by atoms with Crippen LogP contribution in [-0.2, 0) is 0 Å². The van der Waals surface area contributed by atoms with E-state index in [1.54, 1.807) is 0 Å². The molecule has 3 N–H and O–H groups in total. The van der Waals surface area contributed by atoms with Gasteiger partial charge < -0.3 is 21.0 Å². The van der Waals surface area contributed by atoms with Gasteiger partial charge >= 0.3 is 6.55 Å². The minimum atomic E-state index is -2.86. The molecule has 2 aromatic heterocycles. The summed E-state index contributed by atoms with van der Waals surface area (Å²) < 4.78 is 26.5. The maximum absolute atomic E-state index is 13.0. The molecular formula is C14H14F2N5O2-. The Morgan fingerprint density at radius 2 is 2.30 bits per heavy atom. The number of rotatable bonds is 6. The lowest BCUT2D eigenvalue weighted by atomic mass is 10.1. The lowest BCUT2D eigenvalue weighted by Crippen LogP contribution is -2.39. The first-order valence-electron chi connectivity index (χ1n) is 6.60. The summed E-state index contributed by atoms with van der Waals surface area (Å²) in [5.41, 5.74) is 6.49. The lowest BCUT2D eigenvalue weighted by Gasteiger charge is -2.19. The summed E-state index contributed by atoms with van der Waals surface area (Å²) in [4.78, 5) is 14.8. The number of hydrogen-bond donors (Lipinski definition) is 2. The van der Waals surface area contributed by atoms with Crippen molar-refractivity contribution in [1.29, 1.82) is 0 Å². The average Bonchev–Trinajstić information content (AvgIpc) is 2.88.